The molecule has 1 saturated heterocycles. The number of halogens is 1. The molecule has 1 fully saturated rings. The average Bonchev–Trinajstić information content (AvgIpc) is 2.71. The predicted octanol–water partition coefficient (Wildman–Crippen LogP) is -0.582. The molecule has 5 unspecified atom stereocenters. The molecule has 2 rings (SSSR count). The van der Waals surface area contributed by atoms with Gasteiger partial charge in [0.05, 0.1) is 18.1 Å². The summed E-state index contributed by atoms with van der Waals surface area (Å²) in [6, 6.07) is 0.754. The molecule has 5 atom stereocenters. The molecule has 6 N–H and O–H groups in total. The Bertz CT molecular complexity index is 710. The maximum Gasteiger partial charge on any atom is 0.234 e. The van der Waals surface area contributed by atoms with E-state index in [1.165, 1.54) is 12.4 Å². The monoisotopic (exact) mass is 411 g/mol. The van der Waals surface area contributed by atoms with Gasteiger partial charge in [0.15, 0.2) is 6.17 Å². The number of carbonyl (C=O) groups is 1. The van der Waals surface area contributed by atoms with Crippen LogP contribution in [0, 0.1) is 15.7 Å². The van der Waals surface area contributed by atoms with Crippen LogP contribution in [-0.4, -0.2) is 68.0 Å². The molecule has 160 valence electrons. The van der Waals surface area contributed by atoms with E-state index in [1.807, 2.05) is 0 Å². The first-order valence-electron chi connectivity index (χ1n) is 9.05. The number of rotatable bonds is 10. The zero-order valence-electron chi connectivity index (χ0n) is 16.2. The highest BCUT2D eigenvalue weighted by Crippen LogP contribution is 2.26. The molecule has 0 bridgehead atoms. The minimum absolute atomic E-state index is 0.0231. The lowest BCUT2D eigenvalue weighted by Gasteiger charge is -2.39. The molecule has 12 nitrogen and oxygen atoms in total. The van der Waals surface area contributed by atoms with Gasteiger partial charge in [-0.3, -0.25) is 30.8 Å². The fraction of sp³-hybridized carbons (Fsp3) is 0.625. The van der Waals surface area contributed by atoms with Gasteiger partial charge >= 0.3 is 0 Å². The molecule has 1 aliphatic rings. The minimum Gasteiger partial charge on any atom is -0.324 e. The SMILES string of the molecule is CNNCC(N=O)c1ccncc1NC(=O)C(C(N)N=O)C1NCC(F)CN1C. The number of nitrogens with two attached hydrogens (primary N) is 1. The fourth-order valence-electron chi connectivity index (χ4n) is 3.27. The smallest absolute Gasteiger partial charge is 0.234 e. The summed E-state index contributed by atoms with van der Waals surface area (Å²) in [5, 5.41) is 11.4. The number of nitrogens with one attached hydrogen (secondary N) is 4. The third-order valence-corrected chi connectivity index (χ3v) is 4.71. The normalized spacial score (nSPS) is 23.0. The summed E-state index contributed by atoms with van der Waals surface area (Å²) >= 11 is 0. The maximum absolute atomic E-state index is 13.6. The molecule has 1 aromatic rings. The highest BCUT2D eigenvalue weighted by atomic mass is 19.1. The largest absolute Gasteiger partial charge is 0.324 e. The number of hydrazine groups is 1. The van der Waals surface area contributed by atoms with Crippen molar-refractivity contribution in [1.82, 2.24) is 26.1 Å². The van der Waals surface area contributed by atoms with E-state index < -0.39 is 36.4 Å². The summed E-state index contributed by atoms with van der Waals surface area (Å²) in [5.41, 5.74) is 12.0. The second-order valence-corrected chi connectivity index (χ2v) is 6.72. The molecule has 0 radical (unpaired) electrons. The molecule has 1 amide bonds. The highest BCUT2D eigenvalue weighted by Gasteiger charge is 2.40. The molecule has 0 aromatic carbocycles. The molecule has 29 heavy (non-hydrogen) atoms. The first kappa shape index (κ1) is 22.8. The van der Waals surface area contributed by atoms with Gasteiger partial charge in [-0.15, -0.1) is 4.91 Å². The van der Waals surface area contributed by atoms with Crippen LogP contribution >= 0.6 is 0 Å². The van der Waals surface area contributed by atoms with Crippen LogP contribution < -0.4 is 27.2 Å². The zero-order chi connectivity index (χ0) is 21.4. The van der Waals surface area contributed by atoms with Gasteiger partial charge in [0, 0.05) is 31.4 Å². The second-order valence-electron chi connectivity index (χ2n) is 6.72. The number of amides is 1. The van der Waals surface area contributed by atoms with Crippen LogP contribution in [0.4, 0.5) is 10.1 Å². The number of anilines is 1. The van der Waals surface area contributed by atoms with Gasteiger partial charge in [0.2, 0.25) is 5.91 Å². The van der Waals surface area contributed by atoms with E-state index in [2.05, 4.69) is 36.8 Å². The second kappa shape index (κ2) is 10.9. The Balaban J connectivity index is 2.25. The summed E-state index contributed by atoms with van der Waals surface area (Å²) in [5.74, 6) is -1.71. The van der Waals surface area contributed by atoms with Crippen molar-refractivity contribution in [2.45, 2.75) is 24.5 Å². The van der Waals surface area contributed by atoms with E-state index in [0.29, 0.717) is 5.56 Å². The van der Waals surface area contributed by atoms with Crippen molar-refractivity contribution in [2.75, 3.05) is 39.0 Å². The van der Waals surface area contributed by atoms with Crippen molar-refractivity contribution in [3.63, 3.8) is 0 Å². The first-order valence-corrected chi connectivity index (χ1v) is 9.05. The summed E-state index contributed by atoms with van der Waals surface area (Å²) in [4.78, 5) is 40.9. The Hall–Kier alpha value is -2.45. The summed E-state index contributed by atoms with van der Waals surface area (Å²) < 4.78 is 13.6. The number of hydrogen-bond donors (Lipinski definition) is 5. The van der Waals surface area contributed by atoms with E-state index in [1.54, 1.807) is 25.1 Å². The maximum atomic E-state index is 13.6. The molecule has 1 aliphatic heterocycles. The number of nitrogens with zero attached hydrogens (tertiary/aromatic N) is 4. The van der Waals surface area contributed by atoms with Gasteiger partial charge in [-0.1, -0.05) is 10.4 Å². The first-order chi connectivity index (χ1) is 13.9. The topological polar surface area (TPSA) is 166 Å². The van der Waals surface area contributed by atoms with Crippen LogP contribution in [0.3, 0.4) is 0 Å². The molecule has 0 aliphatic carbocycles. The number of hydrogen-bond acceptors (Lipinski definition) is 11. The zero-order valence-corrected chi connectivity index (χ0v) is 16.2. The Morgan fingerprint density at radius 3 is 2.86 bits per heavy atom. The molecule has 0 saturated carbocycles. The number of pyridine rings is 1. The van der Waals surface area contributed by atoms with Crippen molar-refractivity contribution >= 4 is 11.6 Å². The number of aromatic nitrogens is 1. The number of nitroso groups, excluding NO2 is 2. The lowest BCUT2D eigenvalue weighted by molar-refractivity contribution is -0.124. The highest BCUT2D eigenvalue weighted by molar-refractivity contribution is 5.94. The molecule has 13 heteroatoms. The Labute approximate surface area is 167 Å². The third kappa shape index (κ3) is 5.77. The van der Waals surface area contributed by atoms with Crippen molar-refractivity contribution in [3.05, 3.63) is 33.8 Å². The van der Waals surface area contributed by atoms with Crippen LogP contribution in [0.1, 0.15) is 11.6 Å². The van der Waals surface area contributed by atoms with E-state index >= 15 is 0 Å². The lowest BCUT2D eigenvalue weighted by atomic mass is 9.98. The van der Waals surface area contributed by atoms with Crippen molar-refractivity contribution in [3.8, 4) is 0 Å². The van der Waals surface area contributed by atoms with Crippen LogP contribution in [0.25, 0.3) is 0 Å². The Kier molecular flexibility index (Phi) is 8.60. The number of alkyl halides is 1. The summed E-state index contributed by atoms with van der Waals surface area (Å²) in [6.07, 6.45) is -0.323. The van der Waals surface area contributed by atoms with Crippen molar-refractivity contribution in [1.29, 1.82) is 0 Å². The third-order valence-electron chi connectivity index (χ3n) is 4.71. The molecular weight excluding hydrogens is 385 g/mol. The van der Waals surface area contributed by atoms with E-state index in [-0.39, 0.29) is 25.3 Å². The van der Waals surface area contributed by atoms with E-state index in [9.17, 15) is 19.0 Å². The van der Waals surface area contributed by atoms with Gasteiger partial charge in [-0.25, -0.2) is 4.39 Å². The molecule has 1 aromatic heterocycles. The van der Waals surface area contributed by atoms with E-state index in [0.717, 1.165) is 0 Å². The summed E-state index contributed by atoms with van der Waals surface area (Å²) in [6.45, 7) is 0.282. The van der Waals surface area contributed by atoms with Crippen LogP contribution in [-0.2, 0) is 4.79 Å². The van der Waals surface area contributed by atoms with Crippen LogP contribution in [0.15, 0.2) is 28.8 Å². The molecular formula is C16H26FN9O3. The van der Waals surface area contributed by atoms with Crippen LogP contribution in [0.2, 0.25) is 0 Å². The van der Waals surface area contributed by atoms with Gasteiger partial charge in [-0.2, -0.15) is 4.91 Å². The molecule has 2 heterocycles. The van der Waals surface area contributed by atoms with Crippen molar-refractivity contribution < 1.29 is 9.18 Å². The number of carbonyl (C=O) groups excluding carboxylic acids is 1. The average molecular weight is 411 g/mol. The lowest BCUT2D eigenvalue weighted by Crippen LogP contribution is -2.62. The van der Waals surface area contributed by atoms with Crippen molar-refractivity contribution in [2.24, 2.45) is 22.0 Å². The standard InChI is InChI=1S/C16H26FN9O3/c1-19-22-7-12(24-28)10-3-4-20-6-11(10)23-16(27)13(14(18)25-29)15-21-5-9(17)8-26(15)2/h3-4,6,9,12-15,19,21-22H,5,7-8,18H2,1-2H3,(H,23,27). The minimum atomic E-state index is -1.36. The quantitative estimate of drug-likeness (QED) is 0.250. The fourth-order valence-corrected chi connectivity index (χ4v) is 3.27. The Morgan fingerprint density at radius 1 is 1.48 bits per heavy atom. The van der Waals surface area contributed by atoms with Gasteiger partial charge < -0.3 is 11.1 Å². The van der Waals surface area contributed by atoms with Gasteiger partial charge in [0.1, 0.15) is 18.1 Å². The Morgan fingerprint density at radius 2 is 2.24 bits per heavy atom. The van der Waals surface area contributed by atoms with Gasteiger partial charge in [0.25, 0.3) is 0 Å². The predicted molar refractivity (Wildman–Crippen MR) is 105 cm³/mol. The van der Waals surface area contributed by atoms with Gasteiger partial charge in [-0.05, 0) is 20.2 Å². The van der Waals surface area contributed by atoms with E-state index in [4.69, 9.17) is 5.73 Å². The molecule has 0 spiro atoms. The summed E-state index contributed by atoms with van der Waals surface area (Å²) in [7, 11) is 3.26. The van der Waals surface area contributed by atoms with Crippen LogP contribution in [0.5, 0.6) is 0 Å².